The Kier molecular flexibility index (Phi) is 2.59. The molecule has 0 radical (unpaired) electrons. The molecule has 0 aliphatic rings. The van der Waals surface area contributed by atoms with Crippen LogP contribution < -0.4 is 5.73 Å². The fourth-order valence-electron chi connectivity index (χ4n) is 2.06. The second kappa shape index (κ2) is 4.14. The summed E-state index contributed by atoms with van der Waals surface area (Å²) in [7, 11) is 0. The number of anilines is 1. The number of para-hydroxylation sites is 1. The molecule has 90 valence electrons. The summed E-state index contributed by atoms with van der Waals surface area (Å²) in [5, 5.41) is 0. The van der Waals surface area contributed by atoms with Crippen LogP contribution >= 0.6 is 15.9 Å². The number of imidazole rings is 1. The maximum atomic E-state index is 5.92. The Bertz CT molecular complexity index is 711. The SMILES string of the molecule is Cc1cc(Br)cc(-c2nc3c(N)cccc3[nH]2)c1. The van der Waals surface area contributed by atoms with E-state index in [1.807, 2.05) is 24.3 Å². The third-order valence-electron chi connectivity index (χ3n) is 2.86. The standard InChI is InChI=1S/C14H12BrN3/c1-8-5-9(7-10(15)6-8)14-17-12-4-2-3-11(16)13(12)18-14/h2-7H,16H2,1H3,(H,17,18). The van der Waals surface area contributed by atoms with Crippen molar-refractivity contribution in [1.82, 2.24) is 9.97 Å². The van der Waals surface area contributed by atoms with E-state index in [1.165, 1.54) is 5.56 Å². The number of hydrogen-bond donors (Lipinski definition) is 2. The van der Waals surface area contributed by atoms with Gasteiger partial charge in [-0.3, -0.25) is 0 Å². The van der Waals surface area contributed by atoms with Crippen molar-refractivity contribution < 1.29 is 0 Å². The van der Waals surface area contributed by atoms with Gasteiger partial charge in [-0.05, 0) is 42.8 Å². The van der Waals surface area contributed by atoms with Crippen LogP contribution in [0.15, 0.2) is 40.9 Å². The normalized spacial score (nSPS) is 11.0. The molecule has 3 rings (SSSR count). The lowest BCUT2D eigenvalue weighted by molar-refractivity contribution is 1.32. The monoisotopic (exact) mass is 301 g/mol. The van der Waals surface area contributed by atoms with Crippen molar-refractivity contribution in [2.45, 2.75) is 6.92 Å². The summed E-state index contributed by atoms with van der Waals surface area (Å²) < 4.78 is 1.05. The van der Waals surface area contributed by atoms with Crippen molar-refractivity contribution in [2.75, 3.05) is 5.73 Å². The van der Waals surface area contributed by atoms with Crippen LogP contribution in [0.5, 0.6) is 0 Å². The van der Waals surface area contributed by atoms with E-state index in [-0.39, 0.29) is 0 Å². The van der Waals surface area contributed by atoms with E-state index >= 15 is 0 Å². The number of aromatic amines is 1. The topological polar surface area (TPSA) is 54.7 Å². The van der Waals surface area contributed by atoms with Crippen LogP contribution in [0.4, 0.5) is 5.69 Å². The Morgan fingerprint density at radius 2 is 2.06 bits per heavy atom. The smallest absolute Gasteiger partial charge is 0.138 e. The number of halogens is 1. The van der Waals surface area contributed by atoms with Gasteiger partial charge in [-0.25, -0.2) is 4.98 Å². The average molecular weight is 302 g/mol. The number of nitrogens with zero attached hydrogens (tertiary/aromatic N) is 1. The zero-order chi connectivity index (χ0) is 12.7. The van der Waals surface area contributed by atoms with Gasteiger partial charge in [0.2, 0.25) is 0 Å². The molecule has 0 bridgehead atoms. The highest BCUT2D eigenvalue weighted by molar-refractivity contribution is 9.10. The van der Waals surface area contributed by atoms with Gasteiger partial charge in [0.15, 0.2) is 0 Å². The molecule has 2 aromatic carbocycles. The summed E-state index contributed by atoms with van der Waals surface area (Å²) in [4.78, 5) is 7.86. The van der Waals surface area contributed by atoms with Crippen LogP contribution in [0.1, 0.15) is 5.56 Å². The molecule has 1 aromatic heterocycles. The first-order valence-corrected chi connectivity index (χ1v) is 6.44. The van der Waals surface area contributed by atoms with Crippen LogP contribution in [0.3, 0.4) is 0 Å². The van der Waals surface area contributed by atoms with E-state index < -0.39 is 0 Å². The average Bonchev–Trinajstić information content (AvgIpc) is 2.73. The number of rotatable bonds is 1. The molecule has 0 fully saturated rings. The molecular formula is C14H12BrN3. The highest BCUT2D eigenvalue weighted by atomic mass is 79.9. The number of nitrogens with two attached hydrogens (primary N) is 1. The molecule has 1 heterocycles. The first kappa shape index (κ1) is 11.3. The lowest BCUT2D eigenvalue weighted by Gasteiger charge is -2.00. The van der Waals surface area contributed by atoms with Crippen LogP contribution in [-0.4, -0.2) is 9.97 Å². The first-order chi connectivity index (χ1) is 8.63. The summed E-state index contributed by atoms with van der Waals surface area (Å²) in [6.45, 7) is 2.06. The van der Waals surface area contributed by atoms with Gasteiger partial charge in [-0.15, -0.1) is 0 Å². The number of H-pyrrole nitrogens is 1. The number of aromatic nitrogens is 2. The van der Waals surface area contributed by atoms with E-state index in [2.05, 4.69) is 45.0 Å². The molecule has 18 heavy (non-hydrogen) atoms. The van der Waals surface area contributed by atoms with Gasteiger partial charge in [0, 0.05) is 10.0 Å². The van der Waals surface area contributed by atoms with E-state index in [0.717, 1.165) is 26.9 Å². The molecule has 0 unspecified atom stereocenters. The van der Waals surface area contributed by atoms with Gasteiger partial charge >= 0.3 is 0 Å². The fraction of sp³-hybridized carbons (Fsp3) is 0.0714. The molecule has 0 aliphatic heterocycles. The van der Waals surface area contributed by atoms with Gasteiger partial charge in [0.05, 0.1) is 11.2 Å². The first-order valence-electron chi connectivity index (χ1n) is 5.65. The summed E-state index contributed by atoms with van der Waals surface area (Å²) in [6.07, 6.45) is 0. The van der Waals surface area contributed by atoms with Gasteiger partial charge in [0.1, 0.15) is 11.3 Å². The third kappa shape index (κ3) is 1.88. The summed E-state index contributed by atoms with van der Waals surface area (Å²) in [6, 6.07) is 12.0. The molecule has 0 amide bonds. The minimum atomic E-state index is 0.696. The number of benzene rings is 2. The fourth-order valence-corrected chi connectivity index (χ4v) is 2.67. The van der Waals surface area contributed by atoms with E-state index in [0.29, 0.717) is 5.69 Å². The molecule has 0 saturated heterocycles. The molecule has 0 saturated carbocycles. The van der Waals surface area contributed by atoms with Crippen LogP contribution in [0.2, 0.25) is 0 Å². The second-order valence-corrected chi connectivity index (χ2v) is 5.26. The van der Waals surface area contributed by atoms with Gasteiger partial charge in [-0.2, -0.15) is 0 Å². The van der Waals surface area contributed by atoms with Crippen molar-refractivity contribution in [1.29, 1.82) is 0 Å². The molecule has 4 heteroatoms. The molecule has 0 aliphatic carbocycles. The third-order valence-corrected chi connectivity index (χ3v) is 3.32. The highest BCUT2D eigenvalue weighted by Gasteiger charge is 2.08. The van der Waals surface area contributed by atoms with Gasteiger partial charge in [-0.1, -0.05) is 22.0 Å². The minimum Gasteiger partial charge on any atom is -0.397 e. The number of nitrogens with one attached hydrogen (secondary N) is 1. The Labute approximate surface area is 113 Å². The van der Waals surface area contributed by atoms with E-state index in [4.69, 9.17) is 5.73 Å². The molecule has 0 atom stereocenters. The maximum absolute atomic E-state index is 5.92. The van der Waals surface area contributed by atoms with Crippen LogP contribution in [0, 0.1) is 6.92 Å². The summed E-state index contributed by atoms with van der Waals surface area (Å²) in [5.41, 5.74) is 10.6. The Hall–Kier alpha value is -1.81. The zero-order valence-electron chi connectivity index (χ0n) is 9.87. The predicted octanol–water partition coefficient (Wildman–Crippen LogP) is 3.88. The zero-order valence-corrected chi connectivity index (χ0v) is 11.5. The van der Waals surface area contributed by atoms with Crippen LogP contribution in [0.25, 0.3) is 22.4 Å². The Morgan fingerprint density at radius 1 is 1.22 bits per heavy atom. The number of hydrogen-bond acceptors (Lipinski definition) is 2. The Balaban J connectivity index is 2.22. The second-order valence-electron chi connectivity index (χ2n) is 4.35. The summed E-state index contributed by atoms with van der Waals surface area (Å²) >= 11 is 3.50. The number of aryl methyl sites for hydroxylation is 1. The number of fused-ring (bicyclic) bond motifs is 1. The molecule has 3 N–H and O–H groups in total. The van der Waals surface area contributed by atoms with Crippen molar-refractivity contribution in [2.24, 2.45) is 0 Å². The lowest BCUT2D eigenvalue weighted by Crippen LogP contribution is -1.85. The maximum Gasteiger partial charge on any atom is 0.138 e. The lowest BCUT2D eigenvalue weighted by atomic mass is 10.1. The molecule has 3 nitrogen and oxygen atoms in total. The minimum absolute atomic E-state index is 0.696. The molecular weight excluding hydrogens is 290 g/mol. The van der Waals surface area contributed by atoms with Crippen molar-refractivity contribution in [3.8, 4) is 11.4 Å². The van der Waals surface area contributed by atoms with Gasteiger partial charge in [0.25, 0.3) is 0 Å². The predicted molar refractivity (Wildman–Crippen MR) is 78.4 cm³/mol. The molecule has 0 spiro atoms. The Morgan fingerprint density at radius 3 is 2.78 bits per heavy atom. The van der Waals surface area contributed by atoms with Crippen molar-refractivity contribution in [3.63, 3.8) is 0 Å². The van der Waals surface area contributed by atoms with Gasteiger partial charge < -0.3 is 10.7 Å². The van der Waals surface area contributed by atoms with E-state index in [1.54, 1.807) is 0 Å². The quantitative estimate of drug-likeness (QED) is 0.670. The van der Waals surface area contributed by atoms with Crippen molar-refractivity contribution >= 4 is 32.7 Å². The van der Waals surface area contributed by atoms with Crippen molar-refractivity contribution in [3.05, 3.63) is 46.4 Å². The number of nitrogen functional groups attached to an aromatic ring is 1. The van der Waals surface area contributed by atoms with E-state index in [9.17, 15) is 0 Å². The van der Waals surface area contributed by atoms with Crippen LogP contribution in [-0.2, 0) is 0 Å². The largest absolute Gasteiger partial charge is 0.397 e. The summed E-state index contributed by atoms with van der Waals surface area (Å²) in [5.74, 6) is 0.840. The molecule has 3 aromatic rings. The highest BCUT2D eigenvalue weighted by Crippen LogP contribution is 2.26.